The molecule has 158 valence electrons. The van der Waals surface area contributed by atoms with E-state index < -0.39 is 11.6 Å². The first kappa shape index (κ1) is 23.2. The maximum atomic E-state index is 12.6. The number of hydrogen-bond donors (Lipinski definition) is 2. The van der Waals surface area contributed by atoms with Crippen molar-refractivity contribution in [3.8, 4) is 5.75 Å². The van der Waals surface area contributed by atoms with Crippen molar-refractivity contribution in [3.05, 3.63) is 65.7 Å². The number of amides is 1. The van der Waals surface area contributed by atoms with Gasteiger partial charge in [0, 0.05) is 13.2 Å². The lowest BCUT2D eigenvalue weighted by molar-refractivity contribution is -0.126. The van der Waals surface area contributed by atoms with Gasteiger partial charge < -0.3 is 20.5 Å². The van der Waals surface area contributed by atoms with Crippen LogP contribution in [0.3, 0.4) is 0 Å². The fraction of sp³-hybridized carbons (Fsp3) is 0.435. The van der Waals surface area contributed by atoms with Gasteiger partial charge >= 0.3 is 0 Å². The summed E-state index contributed by atoms with van der Waals surface area (Å²) in [7, 11) is 0. The van der Waals surface area contributed by atoms with E-state index in [4.69, 9.17) is 15.2 Å². The molecule has 2 aromatic rings. The molecule has 0 aliphatic carbocycles. The molecule has 1 atom stereocenters. The highest BCUT2D eigenvalue weighted by Crippen LogP contribution is 2.33. The van der Waals surface area contributed by atoms with Crippen LogP contribution < -0.4 is 15.8 Å². The summed E-state index contributed by atoms with van der Waals surface area (Å²) in [6.45, 7) is 3.80. The van der Waals surface area contributed by atoms with Gasteiger partial charge in [-0.25, -0.2) is 0 Å². The first-order chi connectivity index (χ1) is 13.6. The van der Waals surface area contributed by atoms with E-state index in [1.54, 1.807) is 0 Å². The molecular weight excluding hydrogens is 388 g/mol. The topological polar surface area (TPSA) is 73.6 Å². The molecule has 5 nitrogen and oxygen atoms in total. The molecule has 1 heterocycles. The van der Waals surface area contributed by atoms with Crippen LogP contribution in [0.15, 0.2) is 54.6 Å². The molecule has 1 saturated heterocycles. The van der Waals surface area contributed by atoms with Crippen molar-refractivity contribution < 1.29 is 14.3 Å². The summed E-state index contributed by atoms with van der Waals surface area (Å²) in [5.74, 6) is 0.719. The van der Waals surface area contributed by atoms with Gasteiger partial charge in [0.25, 0.3) is 0 Å². The number of hydrogen-bond acceptors (Lipinski definition) is 4. The first-order valence-electron chi connectivity index (χ1n) is 10.1. The molecule has 6 heteroatoms. The number of rotatable bonds is 8. The fourth-order valence-electron chi connectivity index (χ4n) is 3.59. The molecular formula is C23H31ClN2O3. The van der Waals surface area contributed by atoms with Crippen LogP contribution in [-0.4, -0.2) is 25.2 Å². The summed E-state index contributed by atoms with van der Waals surface area (Å²) in [5, 5.41) is 3.23. The summed E-state index contributed by atoms with van der Waals surface area (Å²) in [5.41, 5.74) is 7.80. The van der Waals surface area contributed by atoms with Crippen LogP contribution in [0.4, 0.5) is 0 Å². The Kier molecular flexibility index (Phi) is 8.96. The highest BCUT2D eigenvalue weighted by molar-refractivity contribution is 5.85. The second-order valence-electron chi connectivity index (χ2n) is 7.38. The average molecular weight is 419 g/mol. The van der Waals surface area contributed by atoms with Crippen LogP contribution in [0.2, 0.25) is 0 Å². The molecule has 0 spiro atoms. The third-order valence-electron chi connectivity index (χ3n) is 5.30. The van der Waals surface area contributed by atoms with Gasteiger partial charge in [-0.05, 0) is 42.5 Å². The van der Waals surface area contributed by atoms with E-state index in [1.807, 2.05) is 61.5 Å². The summed E-state index contributed by atoms with van der Waals surface area (Å²) in [6.07, 6.45) is 3.05. The second kappa shape index (κ2) is 11.2. The Balaban J connectivity index is 0.00000300. The number of carbonyl (C=O) groups excluding carboxylic acids is 1. The fourth-order valence-corrected chi connectivity index (χ4v) is 3.59. The van der Waals surface area contributed by atoms with Gasteiger partial charge in [-0.3, -0.25) is 4.79 Å². The summed E-state index contributed by atoms with van der Waals surface area (Å²) in [4.78, 5) is 12.6. The van der Waals surface area contributed by atoms with E-state index in [-0.39, 0.29) is 18.3 Å². The van der Waals surface area contributed by atoms with E-state index in [0.29, 0.717) is 26.2 Å². The number of benzene rings is 2. The number of carbonyl (C=O) groups is 1. The van der Waals surface area contributed by atoms with Gasteiger partial charge in [-0.1, -0.05) is 55.8 Å². The molecule has 2 aromatic carbocycles. The van der Waals surface area contributed by atoms with Crippen molar-refractivity contribution in [1.82, 2.24) is 5.32 Å². The zero-order valence-corrected chi connectivity index (χ0v) is 17.8. The van der Waals surface area contributed by atoms with Crippen LogP contribution in [0.25, 0.3) is 0 Å². The van der Waals surface area contributed by atoms with Crippen molar-refractivity contribution >= 4 is 18.3 Å². The first-order valence-corrected chi connectivity index (χ1v) is 10.1. The number of halogens is 1. The zero-order chi connectivity index (χ0) is 19.8. The van der Waals surface area contributed by atoms with Crippen LogP contribution in [0.5, 0.6) is 5.75 Å². The third-order valence-corrected chi connectivity index (χ3v) is 5.30. The second-order valence-corrected chi connectivity index (χ2v) is 7.38. The molecule has 0 bridgehead atoms. The van der Waals surface area contributed by atoms with Crippen LogP contribution >= 0.6 is 12.4 Å². The number of nitrogens with two attached hydrogens (primary N) is 1. The number of ether oxygens (including phenoxy) is 2. The van der Waals surface area contributed by atoms with Gasteiger partial charge in [0.1, 0.15) is 12.4 Å². The van der Waals surface area contributed by atoms with Gasteiger partial charge in [0.05, 0.1) is 11.6 Å². The molecule has 1 amide bonds. The molecule has 3 rings (SSSR count). The van der Waals surface area contributed by atoms with E-state index in [2.05, 4.69) is 5.32 Å². The van der Waals surface area contributed by atoms with Crippen LogP contribution in [0, 0.1) is 0 Å². The Hall–Kier alpha value is -2.08. The molecule has 29 heavy (non-hydrogen) atoms. The summed E-state index contributed by atoms with van der Waals surface area (Å²) >= 11 is 0. The Bertz CT molecular complexity index is 746. The van der Waals surface area contributed by atoms with E-state index in [1.165, 1.54) is 0 Å². The Morgan fingerprint density at radius 2 is 1.79 bits per heavy atom. The van der Waals surface area contributed by atoms with Crippen molar-refractivity contribution in [3.63, 3.8) is 0 Å². The minimum atomic E-state index is -0.474. The van der Waals surface area contributed by atoms with Gasteiger partial charge in [-0.2, -0.15) is 0 Å². The van der Waals surface area contributed by atoms with Gasteiger partial charge in [0.2, 0.25) is 5.91 Å². The minimum Gasteiger partial charge on any atom is -0.489 e. The predicted molar refractivity (Wildman–Crippen MR) is 117 cm³/mol. The van der Waals surface area contributed by atoms with Crippen molar-refractivity contribution in [2.24, 2.45) is 5.73 Å². The lowest BCUT2D eigenvalue weighted by Gasteiger charge is -2.39. The Labute approximate surface area is 179 Å². The predicted octanol–water partition coefficient (Wildman–Crippen LogP) is 3.94. The van der Waals surface area contributed by atoms with Gasteiger partial charge in [0.15, 0.2) is 0 Å². The van der Waals surface area contributed by atoms with Crippen LogP contribution in [-0.2, 0) is 21.7 Å². The normalized spacial score (nSPS) is 16.3. The smallest absolute Gasteiger partial charge is 0.237 e. The Morgan fingerprint density at radius 3 is 2.41 bits per heavy atom. The molecule has 1 aliphatic heterocycles. The SMILES string of the molecule is CCCC(N)C(=O)NC1(c2ccc(OCc3ccccc3)cc2)CCOCC1.Cl. The average Bonchev–Trinajstić information content (AvgIpc) is 2.74. The largest absolute Gasteiger partial charge is 0.489 e. The lowest BCUT2D eigenvalue weighted by Crippen LogP contribution is -2.54. The maximum absolute atomic E-state index is 12.6. The molecule has 1 fully saturated rings. The van der Waals surface area contributed by atoms with E-state index >= 15 is 0 Å². The number of nitrogens with one attached hydrogen (secondary N) is 1. The van der Waals surface area contributed by atoms with Gasteiger partial charge in [-0.15, -0.1) is 12.4 Å². The maximum Gasteiger partial charge on any atom is 0.237 e. The van der Waals surface area contributed by atoms with Crippen molar-refractivity contribution in [1.29, 1.82) is 0 Å². The Morgan fingerprint density at radius 1 is 1.14 bits per heavy atom. The minimum absolute atomic E-state index is 0. The van der Waals surface area contributed by atoms with Crippen molar-refractivity contribution in [2.45, 2.75) is 50.8 Å². The molecule has 0 saturated carbocycles. The molecule has 0 radical (unpaired) electrons. The summed E-state index contributed by atoms with van der Waals surface area (Å²) in [6, 6.07) is 17.6. The zero-order valence-electron chi connectivity index (χ0n) is 16.9. The quantitative estimate of drug-likeness (QED) is 0.681. The lowest BCUT2D eigenvalue weighted by atomic mass is 9.82. The highest BCUT2D eigenvalue weighted by atomic mass is 35.5. The highest BCUT2D eigenvalue weighted by Gasteiger charge is 2.36. The standard InChI is InChI=1S/C23H30N2O3.ClH/c1-2-6-21(24)22(26)25-23(13-15-27-16-14-23)19-9-11-20(12-10-19)28-17-18-7-4-3-5-8-18;/h3-5,7-12,21H,2,6,13-17,24H2,1H3,(H,25,26);1H. The molecule has 0 aromatic heterocycles. The monoisotopic (exact) mass is 418 g/mol. The molecule has 1 unspecified atom stereocenters. The van der Waals surface area contributed by atoms with E-state index in [0.717, 1.165) is 36.1 Å². The van der Waals surface area contributed by atoms with Crippen molar-refractivity contribution in [2.75, 3.05) is 13.2 Å². The third kappa shape index (κ3) is 6.20. The molecule has 3 N–H and O–H groups in total. The molecule has 1 aliphatic rings. The van der Waals surface area contributed by atoms with E-state index in [9.17, 15) is 4.79 Å². The van der Waals surface area contributed by atoms with Crippen LogP contribution in [0.1, 0.15) is 43.7 Å². The summed E-state index contributed by atoms with van der Waals surface area (Å²) < 4.78 is 11.4.